The van der Waals surface area contributed by atoms with Crippen LogP contribution in [0.1, 0.15) is 45.4 Å². The van der Waals surface area contributed by atoms with Crippen LogP contribution in [0, 0.1) is 11.8 Å². The number of rotatable bonds is 6. The first kappa shape index (κ1) is 13.8. The van der Waals surface area contributed by atoms with Gasteiger partial charge in [0.1, 0.15) is 0 Å². The minimum absolute atomic E-state index is 0.261. The highest BCUT2D eigenvalue weighted by Crippen LogP contribution is 2.36. The van der Waals surface area contributed by atoms with E-state index in [4.69, 9.17) is 5.73 Å². The van der Waals surface area contributed by atoms with Crippen LogP contribution in [0.5, 0.6) is 0 Å². The van der Waals surface area contributed by atoms with Crippen molar-refractivity contribution < 1.29 is 0 Å². The van der Waals surface area contributed by atoms with Crippen molar-refractivity contribution in [1.82, 2.24) is 9.80 Å². The molecule has 110 valence electrons. The highest BCUT2D eigenvalue weighted by Gasteiger charge is 2.37. The van der Waals surface area contributed by atoms with Gasteiger partial charge in [0, 0.05) is 44.8 Å². The number of piperazine rings is 1. The maximum atomic E-state index is 6.14. The Morgan fingerprint density at radius 1 is 1.00 bits per heavy atom. The molecule has 3 fully saturated rings. The molecule has 0 aromatic carbocycles. The minimum Gasteiger partial charge on any atom is -0.329 e. The average Bonchev–Trinajstić information content (AvgIpc) is 3.18. The Hall–Kier alpha value is -0.120. The van der Waals surface area contributed by atoms with Gasteiger partial charge in [-0.25, -0.2) is 0 Å². The first-order chi connectivity index (χ1) is 9.19. The highest BCUT2D eigenvalue weighted by atomic mass is 15.3. The van der Waals surface area contributed by atoms with Gasteiger partial charge in [-0.15, -0.1) is 0 Å². The Balaban J connectivity index is 1.49. The van der Waals surface area contributed by atoms with E-state index in [9.17, 15) is 0 Å². The molecular formula is C16H31N3. The zero-order chi connectivity index (χ0) is 13.3. The van der Waals surface area contributed by atoms with Gasteiger partial charge in [-0.1, -0.05) is 19.3 Å². The lowest BCUT2D eigenvalue weighted by Gasteiger charge is -2.48. The van der Waals surface area contributed by atoms with Crippen LogP contribution in [-0.2, 0) is 0 Å². The van der Waals surface area contributed by atoms with Crippen LogP contribution >= 0.6 is 0 Å². The first-order valence-corrected chi connectivity index (χ1v) is 8.37. The second-order valence-electron chi connectivity index (χ2n) is 7.43. The molecule has 3 rings (SSSR count). The van der Waals surface area contributed by atoms with Crippen LogP contribution in [0.3, 0.4) is 0 Å². The largest absolute Gasteiger partial charge is 0.329 e. The number of nitrogens with two attached hydrogens (primary N) is 1. The molecule has 0 aromatic heterocycles. The van der Waals surface area contributed by atoms with E-state index in [1.54, 1.807) is 0 Å². The van der Waals surface area contributed by atoms with Gasteiger partial charge in [0.15, 0.2) is 0 Å². The maximum Gasteiger partial charge on any atom is 0.0307 e. The quantitative estimate of drug-likeness (QED) is 0.796. The molecule has 0 spiro atoms. The molecular weight excluding hydrogens is 234 g/mol. The molecule has 3 aliphatic rings. The lowest BCUT2D eigenvalue weighted by molar-refractivity contribution is 0.0219. The van der Waals surface area contributed by atoms with E-state index in [1.165, 1.54) is 71.2 Å². The number of hydrogen-bond donors (Lipinski definition) is 1. The summed E-state index contributed by atoms with van der Waals surface area (Å²) in [6, 6.07) is 0. The molecule has 3 nitrogen and oxygen atoms in total. The summed E-state index contributed by atoms with van der Waals surface area (Å²) < 4.78 is 0. The third-order valence-electron chi connectivity index (χ3n) is 5.74. The van der Waals surface area contributed by atoms with E-state index in [2.05, 4.69) is 16.7 Å². The molecule has 0 radical (unpaired) electrons. The molecule has 1 unspecified atom stereocenters. The fourth-order valence-corrected chi connectivity index (χ4v) is 3.80. The molecule has 3 heteroatoms. The van der Waals surface area contributed by atoms with Gasteiger partial charge < -0.3 is 10.6 Å². The molecule has 0 aromatic rings. The van der Waals surface area contributed by atoms with Crippen LogP contribution in [0.4, 0.5) is 0 Å². The summed E-state index contributed by atoms with van der Waals surface area (Å²) in [4.78, 5) is 5.36. The summed E-state index contributed by atoms with van der Waals surface area (Å²) in [6.07, 6.45) is 8.60. The average molecular weight is 265 g/mol. The van der Waals surface area contributed by atoms with Crippen molar-refractivity contribution in [2.75, 3.05) is 39.3 Å². The first-order valence-electron chi connectivity index (χ1n) is 8.37. The molecule has 0 amide bonds. The normalized spacial score (nSPS) is 30.0. The Morgan fingerprint density at radius 3 is 2.16 bits per heavy atom. The van der Waals surface area contributed by atoms with Gasteiger partial charge in [0.25, 0.3) is 0 Å². The summed E-state index contributed by atoms with van der Waals surface area (Å²) in [6.45, 7) is 9.57. The van der Waals surface area contributed by atoms with Crippen LogP contribution < -0.4 is 5.73 Å². The summed E-state index contributed by atoms with van der Waals surface area (Å²) >= 11 is 0. The highest BCUT2D eigenvalue weighted by molar-refractivity contribution is 4.94. The lowest BCUT2D eigenvalue weighted by atomic mass is 9.75. The van der Waals surface area contributed by atoms with Crippen LogP contribution in [0.25, 0.3) is 0 Å². The zero-order valence-corrected chi connectivity index (χ0v) is 12.6. The molecule has 2 N–H and O–H groups in total. The van der Waals surface area contributed by atoms with Gasteiger partial charge in [0.05, 0.1) is 0 Å². The predicted octanol–water partition coefficient (Wildman–Crippen LogP) is 1.92. The van der Waals surface area contributed by atoms with Gasteiger partial charge in [0.2, 0.25) is 0 Å². The van der Waals surface area contributed by atoms with E-state index in [0.717, 1.165) is 18.4 Å². The molecule has 1 saturated heterocycles. The van der Waals surface area contributed by atoms with E-state index >= 15 is 0 Å². The third kappa shape index (κ3) is 3.32. The molecule has 2 aliphatic carbocycles. The maximum absolute atomic E-state index is 6.14. The summed E-state index contributed by atoms with van der Waals surface area (Å²) in [5.41, 5.74) is 6.40. The number of nitrogens with zero attached hydrogens (tertiary/aromatic N) is 2. The standard InChI is InChI=1S/C16H31N3/c1-16(13-17,11-14-3-2-4-14)19-9-7-18(8-10-19)12-15-5-6-15/h14-15H,2-13,17H2,1H3. The van der Waals surface area contributed by atoms with Crippen LogP contribution in [-0.4, -0.2) is 54.6 Å². The second-order valence-corrected chi connectivity index (χ2v) is 7.43. The van der Waals surface area contributed by atoms with E-state index in [1.807, 2.05) is 0 Å². The van der Waals surface area contributed by atoms with Crippen LogP contribution in [0.15, 0.2) is 0 Å². The Kier molecular flexibility index (Phi) is 4.16. The molecule has 0 bridgehead atoms. The zero-order valence-electron chi connectivity index (χ0n) is 12.6. The van der Waals surface area contributed by atoms with Crippen molar-refractivity contribution in [3.8, 4) is 0 Å². The summed E-state index contributed by atoms with van der Waals surface area (Å²) in [7, 11) is 0. The van der Waals surface area contributed by atoms with Crippen molar-refractivity contribution in [2.24, 2.45) is 17.6 Å². The Bertz CT molecular complexity index is 290. The van der Waals surface area contributed by atoms with Gasteiger partial charge in [-0.05, 0) is 38.0 Å². The van der Waals surface area contributed by atoms with E-state index in [-0.39, 0.29) is 5.54 Å². The smallest absolute Gasteiger partial charge is 0.0307 e. The third-order valence-corrected chi connectivity index (χ3v) is 5.74. The molecule has 19 heavy (non-hydrogen) atoms. The Labute approximate surface area is 118 Å². The molecule has 1 aliphatic heterocycles. The van der Waals surface area contributed by atoms with Crippen molar-refractivity contribution in [3.05, 3.63) is 0 Å². The van der Waals surface area contributed by atoms with Crippen molar-refractivity contribution in [2.45, 2.75) is 51.0 Å². The second kappa shape index (κ2) is 5.71. The monoisotopic (exact) mass is 265 g/mol. The fourth-order valence-electron chi connectivity index (χ4n) is 3.80. The van der Waals surface area contributed by atoms with Crippen molar-refractivity contribution in [3.63, 3.8) is 0 Å². The topological polar surface area (TPSA) is 32.5 Å². The molecule has 1 heterocycles. The van der Waals surface area contributed by atoms with Crippen molar-refractivity contribution >= 4 is 0 Å². The molecule has 1 atom stereocenters. The minimum atomic E-state index is 0.261. The SMILES string of the molecule is CC(CN)(CC1CCC1)N1CCN(CC2CC2)CC1. The van der Waals surface area contributed by atoms with Gasteiger partial charge in [-0.2, -0.15) is 0 Å². The lowest BCUT2D eigenvalue weighted by Crippen LogP contribution is -2.59. The van der Waals surface area contributed by atoms with Gasteiger partial charge >= 0.3 is 0 Å². The van der Waals surface area contributed by atoms with Crippen molar-refractivity contribution in [1.29, 1.82) is 0 Å². The predicted molar refractivity (Wildman–Crippen MR) is 80.2 cm³/mol. The van der Waals surface area contributed by atoms with E-state index < -0.39 is 0 Å². The fraction of sp³-hybridized carbons (Fsp3) is 1.00. The Morgan fingerprint density at radius 2 is 1.68 bits per heavy atom. The van der Waals surface area contributed by atoms with Gasteiger partial charge in [-0.3, -0.25) is 4.90 Å². The molecule has 2 saturated carbocycles. The summed E-state index contributed by atoms with van der Waals surface area (Å²) in [5, 5.41) is 0. The summed E-state index contributed by atoms with van der Waals surface area (Å²) in [5.74, 6) is 1.99. The van der Waals surface area contributed by atoms with E-state index in [0.29, 0.717) is 0 Å². The van der Waals surface area contributed by atoms with Crippen LogP contribution in [0.2, 0.25) is 0 Å². The number of hydrogen-bond acceptors (Lipinski definition) is 3.